The van der Waals surface area contributed by atoms with Gasteiger partial charge in [0.15, 0.2) is 5.58 Å². The zero-order chi connectivity index (χ0) is 40.3. The van der Waals surface area contributed by atoms with Crippen LogP contribution in [0.1, 0.15) is 0 Å². The molecule has 0 saturated heterocycles. The molecule has 10 aromatic carbocycles. The van der Waals surface area contributed by atoms with E-state index in [2.05, 4.69) is 228 Å². The molecule has 0 bridgehead atoms. The molecule has 0 saturated carbocycles. The molecule has 0 amide bonds. The monoisotopic (exact) mass is 778 g/mol. The fourth-order valence-electron chi connectivity index (χ4n) is 9.37. The minimum absolute atomic E-state index is 0.861. The summed E-state index contributed by atoms with van der Waals surface area (Å²) in [6.07, 6.45) is 0. The van der Waals surface area contributed by atoms with Gasteiger partial charge in [-0.05, 0) is 93.2 Å². The van der Waals surface area contributed by atoms with Crippen molar-refractivity contribution in [2.75, 3.05) is 4.90 Å². The third-order valence-electron chi connectivity index (χ3n) is 12.2. The lowest BCUT2D eigenvalue weighted by Gasteiger charge is -2.26. The van der Waals surface area contributed by atoms with Crippen molar-refractivity contribution in [3.8, 4) is 39.1 Å². The van der Waals surface area contributed by atoms with E-state index in [-0.39, 0.29) is 0 Å². The van der Waals surface area contributed by atoms with Crippen LogP contribution in [0.25, 0.3) is 93.6 Å². The molecule has 3 heteroatoms. The molecule has 0 atom stereocenters. The van der Waals surface area contributed by atoms with Crippen molar-refractivity contribution in [1.29, 1.82) is 0 Å². The second-order valence-electron chi connectivity index (χ2n) is 15.7. The third kappa shape index (κ3) is 5.82. The molecule has 0 spiro atoms. The zero-order valence-electron chi connectivity index (χ0n) is 33.2. The summed E-state index contributed by atoms with van der Waals surface area (Å²) in [5.41, 5.74) is 15.5. The molecule has 0 radical (unpaired) electrons. The second-order valence-corrected chi connectivity index (χ2v) is 15.7. The number of benzene rings is 10. The predicted octanol–water partition coefficient (Wildman–Crippen LogP) is 16.3. The van der Waals surface area contributed by atoms with Gasteiger partial charge in [-0.2, -0.15) is 0 Å². The Kier molecular flexibility index (Phi) is 8.17. The summed E-state index contributed by atoms with van der Waals surface area (Å²) in [7, 11) is 0. The average Bonchev–Trinajstić information content (AvgIpc) is 3.88. The van der Waals surface area contributed by atoms with E-state index in [4.69, 9.17) is 4.42 Å². The molecule has 0 aliphatic carbocycles. The molecule has 0 aliphatic rings. The molecular weight excluding hydrogens is 741 g/mol. The van der Waals surface area contributed by atoms with E-state index < -0.39 is 0 Å². The number of hydrogen-bond donors (Lipinski definition) is 0. The molecule has 61 heavy (non-hydrogen) atoms. The van der Waals surface area contributed by atoms with Gasteiger partial charge in [0.2, 0.25) is 0 Å². The molecule has 12 aromatic rings. The average molecular weight is 779 g/mol. The van der Waals surface area contributed by atoms with Gasteiger partial charge in [-0.3, -0.25) is 0 Å². The zero-order valence-corrected chi connectivity index (χ0v) is 33.2. The van der Waals surface area contributed by atoms with E-state index in [0.717, 1.165) is 55.7 Å². The fourth-order valence-corrected chi connectivity index (χ4v) is 9.37. The Morgan fingerprint density at radius 1 is 0.344 bits per heavy atom. The van der Waals surface area contributed by atoms with Crippen LogP contribution in [0.3, 0.4) is 0 Å². The lowest BCUT2D eigenvalue weighted by Crippen LogP contribution is -2.10. The van der Waals surface area contributed by atoms with Crippen LogP contribution in [0.5, 0.6) is 0 Å². The Morgan fingerprint density at radius 2 is 0.902 bits per heavy atom. The van der Waals surface area contributed by atoms with Gasteiger partial charge >= 0.3 is 0 Å². The summed E-state index contributed by atoms with van der Waals surface area (Å²) >= 11 is 0. The summed E-state index contributed by atoms with van der Waals surface area (Å²) in [6.45, 7) is 0. The maximum Gasteiger partial charge on any atom is 0.159 e. The minimum Gasteiger partial charge on any atom is -0.454 e. The van der Waals surface area contributed by atoms with Gasteiger partial charge in [0.25, 0.3) is 0 Å². The number of furan rings is 1. The highest BCUT2D eigenvalue weighted by Crippen LogP contribution is 2.44. The SMILES string of the molecule is c1cc(-c2cccc3ccccc23)cc(N(c2ccc(-c3ccc(-c4ccccc4-n4c5ccccc5c5ccccc54)cc3)cc2)c2cccc3c2oc2ccccc23)c1. The predicted molar refractivity (Wildman–Crippen MR) is 257 cm³/mol. The van der Waals surface area contributed by atoms with E-state index in [1.807, 2.05) is 12.1 Å². The highest BCUT2D eigenvalue weighted by atomic mass is 16.3. The maximum absolute atomic E-state index is 6.65. The van der Waals surface area contributed by atoms with E-state index in [1.165, 1.54) is 55.0 Å². The maximum atomic E-state index is 6.65. The molecule has 2 aromatic heterocycles. The van der Waals surface area contributed by atoms with Gasteiger partial charge in [-0.1, -0.05) is 176 Å². The lowest BCUT2D eigenvalue weighted by molar-refractivity contribution is 0.669. The van der Waals surface area contributed by atoms with Gasteiger partial charge < -0.3 is 13.9 Å². The Morgan fingerprint density at radius 3 is 1.69 bits per heavy atom. The van der Waals surface area contributed by atoms with Gasteiger partial charge in [-0.15, -0.1) is 0 Å². The van der Waals surface area contributed by atoms with Crippen LogP contribution < -0.4 is 4.90 Å². The largest absolute Gasteiger partial charge is 0.454 e. The van der Waals surface area contributed by atoms with Crippen molar-refractivity contribution in [3.63, 3.8) is 0 Å². The lowest BCUT2D eigenvalue weighted by atomic mass is 9.97. The van der Waals surface area contributed by atoms with E-state index in [1.54, 1.807) is 0 Å². The first-order valence-corrected chi connectivity index (χ1v) is 20.8. The molecule has 0 unspecified atom stereocenters. The number of aromatic nitrogens is 1. The van der Waals surface area contributed by atoms with Crippen molar-refractivity contribution >= 4 is 71.6 Å². The van der Waals surface area contributed by atoms with E-state index >= 15 is 0 Å². The van der Waals surface area contributed by atoms with Crippen molar-refractivity contribution in [1.82, 2.24) is 4.57 Å². The van der Waals surface area contributed by atoms with Crippen molar-refractivity contribution < 1.29 is 4.42 Å². The summed E-state index contributed by atoms with van der Waals surface area (Å²) in [5.74, 6) is 0. The summed E-state index contributed by atoms with van der Waals surface area (Å²) < 4.78 is 9.06. The second kappa shape index (κ2) is 14.3. The van der Waals surface area contributed by atoms with Gasteiger partial charge in [0, 0.05) is 38.5 Å². The first kappa shape index (κ1) is 34.9. The van der Waals surface area contributed by atoms with Gasteiger partial charge in [0.1, 0.15) is 5.58 Å². The van der Waals surface area contributed by atoms with Crippen LogP contribution in [0.15, 0.2) is 235 Å². The van der Waals surface area contributed by atoms with E-state index in [0.29, 0.717) is 0 Å². The molecule has 286 valence electrons. The Bertz CT molecular complexity index is 3530. The first-order chi connectivity index (χ1) is 30.3. The quantitative estimate of drug-likeness (QED) is 0.161. The first-order valence-electron chi connectivity index (χ1n) is 20.8. The van der Waals surface area contributed by atoms with Crippen LogP contribution in [-0.2, 0) is 0 Å². The van der Waals surface area contributed by atoms with Gasteiger partial charge in [-0.25, -0.2) is 0 Å². The molecule has 0 N–H and O–H groups in total. The van der Waals surface area contributed by atoms with Crippen LogP contribution in [0.2, 0.25) is 0 Å². The van der Waals surface area contributed by atoms with E-state index in [9.17, 15) is 0 Å². The molecule has 12 rings (SSSR count). The molecule has 0 aliphatic heterocycles. The number of hydrogen-bond acceptors (Lipinski definition) is 2. The van der Waals surface area contributed by atoms with Crippen LogP contribution >= 0.6 is 0 Å². The molecular formula is C58H38N2O. The normalized spacial score (nSPS) is 11.6. The van der Waals surface area contributed by atoms with Crippen molar-refractivity contribution in [2.24, 2.45) is 0 Å². The Hall–Kier alpha value is -8.14. The number of fused-ring (bicyclic) bond motifs is 7. The standard InChI is InChI=1S/C58H38N2O/c1-2-18-46-41(14-1)15-12-23-47(46)43-16-11-17-45(38-43)59(56-28-13-24-52-51-22-6-10-29-57(51)61-58(52)56)44-36-34-40(35-37-44)39-30-32-42(33-31-39)48-19-3-7-25-53(48)60-54-26-8-4-20-49(54)50-21-5-9-27-55(50)60/h1-38H. The van der Waals surface area contributed by atoms with Crippen molar-refractivity contribution in [3.05, 3.63) is 231 Å². The summed E-state index contributed by atoms with van der Waals surface area (Å²) in [5, 5.41) is 7.19. The van der Waals surface area contributed by atoms with Crippen LogP contribution in [-0.4, -0.2) is 4.57 Å². The minimum atomic E-state index is 0.861. The number of rotatable bonds is 7. The highest BCUT2D eigenvalue weighted by molar-refractivity contribution is 6.11. The Labute approximate surface area is 353 Å². The number of para-hydroxylation sites is 5. The molecule has 2 heterocycles. The highest BCUT2D eigenvalue weighted by Gasteiger charge is 2.21. The van der Waals surface area contributed by atoms with Gasteiger partial charge in [0.05, 0.1) is 22.4 Å². The number of nitrogens with zero attached hydrogens (tertiary/aromatic N) is 2. The molecule has 3 nitrogen and oxygen atoms in total. The smallest absolute Gasteiger partial charge is 0.159 e. The fraction of sp³-hybridized carbons (Fsp3) is 0. The summed E-state index contributed by atoms with van der Waals surface area (Å²) in [4.78, 5) is 2.33. The summed E-state index contributed by atoms with van der Waals surface area (Å²) in [6, 6.07) is 82.8. The van der Waals surface area contributed by atoms with Crippen LogP contribution in [0.4, 0.5) is 17.1 Å². The van der Waals surface area contributed by atoms with Crippen LogP contribution in [0, 0.1) is 0 Å². The molecule has 0 fully saturated rings. The third-order valence-corrected chi connectivity index (χ3v) is 12.2. The topological polar surface area (TPSA) is 21.3 Å². The van der Waals surface area contributed by atoms with Crippen molar-refractivity contribution in [2.45, 2.75) is 0 Å². The Balaban J connectivity index is 0.940. The number of anilines is 3.